The van der Waals surface area contributed by atoms with Crippen LogP contribution >= 0.6 is 0 Å². The van der Waals surface area contributed by atoms with Crippen molar-refractivity contribution in [1.29, 1.82) is 0 Å². The average Bonchev–Trinajstić information content (AvgIpc) is 2.38. The van der Waals surface area contributed by atoms with Gasteiger partial charge in [0.25, 0.3) is 0 Å². The Morgan fingerprint density at radius 1 is 1.18 bits per heavy atom. The van der Waals surface area contributed by atoms with Crippen LogP contribution < -0.4 is 5.32 Å². The van der Waals surface area contributed by atoms with Crippen molar-refractivity contribution in [2.24, 2.45) is 0 Å². The Hall–Kier alpha value is -0.160. The van der Waals surface area contributed by atoms with E-state index >= 15 is 0 Å². The first-order chi connectivity index (χ1) is 8.40. The number of rotatable bonds is 6. The van der Waals surface area contributed by atoms with Gasteiger partial charge in [0.1, 0.15) is 0 Å². The molecule has 4 heteroatoms. The number of nitrogens with one attached hydrogen (secondary N) is 1. The maximum atomic E-state index is 5.02. The SMILES string of the molecule is COCCNCCN1CCN2CCCCC2C1. The van der Waals surface area contributed by atoms with Crippen LogP contribution in [0.15, 0.2) is 0 Å². The van der Waals surface area contributed by atoms with Gasteiger partial charge in [-0.25, -0.2) is 0 Å². The van der Waals surface area contributed by atoms with Gasteiger partial charge in [-0.1, -0.05) is 6.42 Å². The van der Waals surface area contributed by atoms with E-state index in [-0.39, 0.29) is 0 Å². The highest BCUT2D eigenvalue weighted by Gasteiger charge is 2.28. The van der Waals surface area contributed by atoms with Crippen LogP contribution in [-0.2, 0) is 4.74 Å². The summed E-state index contributed by atoms with van der Waals surface area (Å²) in [6, 6.07) is 0.844. The lowest BCUT2D eigenvalue weighted by Crippen LogP contribution is -2.55. The van der Waals surface area contributed by atoms with Crippen molar-refractivity contribution in [3.05, 3.63) is 0 Å². The molecule has 0 radical (unpaired) electrons. The monoisotopic (exact) mass is 241 g/mol. The molecule has 0 amide bonds. The summed E-state index contributed by atoms with van der Waals surface area (Å²) in [5.74, 6) is 0. The highest BCUT2D eigenvalue weighted by molar-refractivity contribution is 4.85. The van der Waals surface area contributed by atoms with Crippen molar-refractivity contribution in [2.75, 3.05) is 59.5 Å². The summed E-state index contributed by atoms with van der Waals surface area (Å²) in [7, 11) is 1.75. The van der Waals surface area contributed by atoms with Crippen LogP contribution in [0.3, 0.4) is 0 Å². The summed E-state index contributed by atoms with van der Waals surface area (Å²) >= 11 is 0. The second-order valence-electron chi connectivity index (χ2n) is 5.23. The number of hydrogen-bond acceptors (Lipinski definition) is 4. The van der Waals surface area contributed by atoms with Gasteiger partial charge in [-0.3, -0.25) is 9.80 Å². The van der Waals surface area contributed by atoms with E-state index in [0.717, 1.165) is 25.7 Å². The van der Waals surface area contributed by atoms with Crippen LogP contribution in [0.2, 0.25) is 0 Å². The van der Waals surface area contributed by atoms with Gasteiger partial charge < -0.3 is 10.1 Å². The number of methoxy groups -OCH3 is 1. The molecule has 0 aromatic heterocycles. The fourth-order valence-electron chi connectivity index (χ4n) is 2.96. The van der Waals surface area contributed by atoms with Crippen LogP contribution in [0.25, 0.3) is 0 Å². The quantitative estimate of drug-likeness (QED) is 0.681. The lowest BCUT2D eigenvalue weighted by Gasteiger charge is -2.44. The standard InChI is InChI=1S/C13H27N3O/c1-17-11-6-14-5-8-15-9-10-16-7-3-2-4-13(16)12-15/h13-14H,2-12H2,1H3. The van der Waals surface area contributed by atoms with Gasteiger partial charge in [-0.05, 0) is 19.4 Å². The van der Waals surface area contributed by atoms with E-state index in [4.69, 9.17) is 4.74 Å². The predicted molar refractivity (Wildman–Crippen MR) is 70.4 cm³/mol. The Morgan fingerprint density at radius 3 is 3.00 bits per heavy atom. The van der Waals surface area contributed by atoms with Crippen LogP contribution in [0.1, 0.15) is 19.3 Å². The molecule has 1 N–H and O–H groups in total. The first-order valence-electron chi connectivity index (χ1n) is 7.06. The lowest BCUT2D eigenvalue weighted by atomic mass is 9.99. The van der Waals surface area contributed by atoms with Gasteiger partial charge in [0.15, 0.2) is 0 Å². The van der Waals surface area contributed by atoms with Crippen LogP contribution in [0.5, 0.6) is 0 Å². The Labute approximate surface area is 105 Å². The topological polar surface area (TPSA) is 27.7 Å². The summed E-state index contributed by atoms with van der Waals surface area (Å²) in [6.07, 6.45) is 4.25. The molecule has 0 bridgehead atoms. The Morgan fingerprint density at radius 2 is 2.12 bits per heavy atom. The molecule has 2 aliphatic heterocycles. The van der Waals surface area contributed by atoms with Crippen LogP contribution in [0.4, 0.5) is 0 Å². The van der Waals surface area contributed by atoms with Crippen molar-refractivity contribution in [3.8, 4) is 0 Å². The number of ether oxygens (including phenoxy) is 1. The molecule has 0 aliphatic carbocycles. The van der Waals surface area contributed by atoms with Crippen molar-refractivity contribution >= 4 is 0 Å². The largest absolute Gasteiger partial charge is 0.383 e. The normalized spacial score (nSPS) is 27.0. The van der Waals surface area contributed by atoms with Gasteiger partial charge in [-0.15, -0.1) is 0 Å². The molecule has 2 fully saturated rings. The Balaban J connectivity index is 1.59. The van der Waals surface area contributed by atoms with Gasteiger partial charge in [-0.2, -0.15) is 0 Å². The van der Waals surface area contributed by atoms with E-state index in [2.05, 4.69) is 15.1 Å². The number of piperidine rings is 1. The van der Waals surface area contributed by atoms with E-state index in [1.54, 1.807) is 7.11 Å². The molecule has 2 aliphatic rings. The molecule has 2 heterocycles. The zero-order chi connectivity index (χ0) is 11.9. The minimum atomic E-state index is 0.816. The van der Waals surface area contributed by atoms with E-state index in [9.17, 15) is 0 Å². The third-order valence-electron chi connectivity index (χ3n) is 4.01. The number of hydrogen-bond donors (Lipinski definition) is 1. The number of nitrogens with zero attached hydrogens (tertiary/aromatic N) is 2. The zero-order valence-corrected chi connectivity index (χ0v) is 11.2. The third-order valence-corrected chi connectivity index (χ3v) is 4.01. The molecule has 0 aromatic carbocycles. The number of fused-ring (bicyclic) bond motifs is 1. The molecular formula is C13H27N3O. The first-order valence-corrected chi connectivity index (χ1v) is 7.06. The molecule has 0 spiro atoms. The van der Waals surface area contributed by atoms with Crippen LogP contribution in [-0.4, -0.2) is 75.4 Å². The minimum Gasteiger partial charge on any atom is -0.383 e. The summed E-state index contributed by atoms with van der Waals surface area (Å²) in [6.45, 7) is 9.22. The first kappa shape index (κ1) is 13.3. The second kappa shape index (κ2) is 7.31. The molecular weight excluding hydrogens is 214 g/mol. The maximum Gasteiger partial charge on any atom is 0.0587 e. The summed E-state index contributed by atoms with van der Waals surface area (Å²) < 4.78 is 5.02. The van der Waals surface area contributed by atoms with E-state index in [1.807, 2.05) is 0 Å². The fraction of sp³-hybridized carbons (Fsp3) is 1.00. The molecule has 0 saturated carbocycles. The summed E-state index contributed by atoms with van der Waals surface area (Å²) in [4.78, 5) is 5.31. The fourth-order valence-corrected chi connectivity index (χ4v) is 2.96. The molecule has 1 atom stereocenters. The van der Waals surface area contributed by atoms with Crippen molar-refractivity contribution in [3.63, 3.8) is 0 Å². The van der Waals surface area contributed by atoms with Gasteiger partial charge in [0.2, 0.25) is 0 Å². The Kier molecular flexibility index (Phi) is 5.71. The van der Waals surface area contributed by atoms with Gasteiger partial charge in [0, 0.05) is 52.4 Å². The highest BCUT2D eigenvalue weighted by atomic mass is 16.5. The molecule has 0 aromatic rings. The van der Waals surface area contributed by atoms with E-state index in [1.165, 1.54) is 52.0 Å². The Bertz CT molecular complexity index is 213. The maximum absolute atomic E-state index is 5.02. The van der Waals surface area contributed by atoms with Crippen LogP contribution in [0, 0.1) is 0 Å². The summed E-state index contributed by atoms with van der Waals surface area (Å²) in [5.41, 5.74) is 0. The number of piperazine rings is 1. The molecule has 17 heavy (non-hydrogen) atoms. The van der Waals surface area contributed by atoms with E-state index < -0.39 is 0 Å². The molecule has 2 saturated heterocycles. The molecule has 4 nitrogen and oxygen atoms in total. The molecule has 2 rings (SSSR count). The minimum absolute atomic E-state index is 0.816. The second-order valence-corrected chi connectivity index (χ2v) is 5.23. The van der Waals surface area contributed by atoms with Crippen molar-refractivity contribution in [1.82, 2.24) is 15.1 Å². The summed E-state index contributed by atoms with van der Waals surface area (Å²) in [5, 5.41) is 3.43. The molecule has 1 unspecified atom stereocenters. The lowest BCUT2D eigenvalue weighted by molar-refractivity contribution is 0.0498. The smallest absolute Gasteiger partial charge is 0.0587 e. The van der Waals surface area contributed by atoms with Gasteiger partial charge >= 0.3 is 0 Å². The zero-order valence-electron chi connectivity index (χ0n) is 11.2. The van der Waals surface area contributed by atoms with E-state index in [0.29, 0.717) is 0 Å². The highest BCUT2D eigenvalue weighted by Crippen LogP contribution is 2.20. The third kappa shape index (κ3) is 4.21. The predicted octanol–water partition coefficient (Wildman–Crippen LogP) is 0.393. The van der Waals surface area contributed by atoms with Crippen molar-refractivity contribution < 1.29 is 4.74 Å². The molecule has 100 valence electrons. The van der Waals surface area contributed by atoms with Crippen molar-refractivity contribution in [2.45, 2.75) is 25.3 Å². The average molecular weight is 241 g/mol. The van der Waals surface area contributed by atoms with Gasteiger partial charge in [0.05, 0.1) is 6.61 Å².